The monoisotopic (exact) mass is 388 g/mol. The summed E-state index contributed by atoms with van der Waals surface area (Å²) < 4.78 is 5.61. The van der Waals surface area contributed by atoms with Crippen molar-refractivity contribution < 1.29 is 9.53 Å². The van der Waals surface area contributed by atoms with E-state index in [1.165, 1.54) is 57.2 Å². The largest absolute Gasteiger partial charge is 0.459 e. The lowest BCUT2D eigenvalue weighted by Crippen LogP contribution is -2.28. The maximum Gasteiger partial charge on any atom is 0.315 e. The van der Waals surface area contributed by atoms with Crippen molar-refractivity contribution in [2.75, 3.05) is 32.0 Å². The predicted octanol–water partition coefficient (Wildman–Crippen LogP) is 5.37. The standard InChI is InChI=1S/C24H40N2O2/c1-6-7-10-15-26(5)16-11-8-9-12-19-13-14-22-20(17-19)21(18-25-22)23(27)28-24(2,3)4/h13-14,17,21,25H,6-12,15-16,18H2,1-5H3. The van der Waals surface area contributed by atoms with Crippen molar-refractivity contribution in [1.29, 1.82) is 0 Å². The molecule has 1 aliphatic rings. The zero-order chi connectivity index (χ0) is 20.6. The molecule has 1 heterocycles. The summed E-state index contributed by atoms with van der Waals surface area (Å²) in [6.07, 6.45) is 8.73. The Kier molecular flexibility index (Phi) is 8.81. The molecule has 0 bridgehead atoms. The van der Waals surface area contributed by atoms with Gasteiger partial charge in [0.25, 0.3) is 0 Å². The maximum absolute atomic E-state index is 12.5. The number of benzene rings is 1. The molecule has 1 N–H and O–H groups in total. The van der Waals surface area contributed by atoms with Gasteiger partial charge >= 0.3 is 5.97 Å². The molecule has 158 valence electrons. The molecule has 0 radical (unpaired) electrons. The molecule has 1 aliphatic heterocycles. The Morgan fingerprint density at radius 2 is 1.86 bits per heavy atom. The van der Waals surface area contributed by atoms with Crippen LogP contribution in [0.1, 0.15) is 83.3 Å². The summed E-state index contributed by atoms with van der Waals surface area (Å²) in [5.41, 5.74) is 3.06. The first-order chi connectivity index (χ1) is 13.3. The minimum atomic E-state index is -0.443. The second-order valence-corrected chi connectivity index (χ2v) is 9.21. The number of rotatable bonds is 11. The van der Waals surface area contributed by atoms with Crippen LogP contribution in [0.3, 0.4) is 0 Å². The Morgan fingerprint density at radius 3 is 2.54 bits per heavy atom. The van der Waals surface area contributed by atoms with E-state index in [1.807, 2.05) is 20.8 Å². The molecule has 0 aliphatic carbocycles. The first kappa shape index (κ1) is 22.7. The van der Waals surface area contributed by atoms with Gasteiger partial charge in [-0.3, -0.25) is 4.79 Å². The summed E-state index contributed by atoms with van der Waals surface area (Å²) >= 11 is 0. The van der Waals surface area contributed by atoms with E-state index >= 15 is 0 Å². The highest BCUT2D eigenvalue weighted by molar-refractivity contribution is 5.84. The van der Waals surface area contributed by atoms with Gasteiger partial charge in [0, 0.05) is 12.2 Å². The lowest BCUT2D eigenvalue weighted by Gasteiger charge is -2.22. The van der Waals surface area contributed by atoms with Crippen LogP contribution in [-0.2, 0) is 16.0 Å². The fourth-order valence-corrected chi connectivity index (χ4v) is 3.75. The van der Waals surface area contributed by atoms with E-state index in [-0.39, 0.29) is 11.9 Å². The molecule has 0 saturated carbocycles. The Balaban J connectivity index is 1.77. The van der Waals surface area contributed by atoms with Gasteiger partial charge in [-0.1, -0.05) is 38.3 Å². The Morgan fingerprint density at radius 1 is 1.14 bits per heavy atom. The Hall–Kier alpha value is -1.55. The van der Waals surface area contributed by atoms with Crippen LogP contribution < -0.4 is 5.32 Å². The zero-order valence-electron chi connectivity index (χ0n) is 18.6. The molecule has 0 saturated heterocycles. The molecule has 4 nitrogen and oxygen atoms in total. The summed E-state index contributed by atoms with van der Waals surface area (Å²) in [4.78, 5) is 15.0. The molecule has 1 unspecified atom stereocenters. The molecule has 1 atom stereocenters. The van der Waals surface area contributed by atoms with Gasteiger partial charge in [-0.15, -0.1) is 0 Å². The lowest BCUT2D eigenvalue weighted by atomic mass is 9.97. The van der Waals surface area contributed by atoms with Crippen molar-refractivity contribution in [3.8, 4) is 0 Å². The number of hydrogen-bond acceptors (Lipinski definition) is 4. The van der Waals surface area contributed by atoms with Gasteiger partial charge in [0.2, 0.25) is 0 Å². The first-order valence-corrected chi connectivity index (χ1v) is 11.1. The highest BCUT2D eigenvalue weighted by atomic mass is 16.6. The molecular weight excluding hydrogens is 348 g/mol. The fraction of sp³-hybridized carbons (Fsp3) is 0.708. The molecule has 4 heteroatoms. The summed E-state index contributed by atoms with van der Waals surface area (Å²) in [5.74, 6) is -0.312. The van der Waals surface area contributed by atoms with E-state index in [2.05, 4.69) is 42.4 Å². The maximum atomic E-state index is 12.5. The van der Waals surface area contributed by atoms with Crippen LogP contribution in [0.5, 0.6) is 0 Å². The van der Waals surface area contributed by atoms with Gasteiger partial charge in [-0.25, -0.2) is 0 Å². The smallest absolute Gasteiger partial charge is 0.315 e. The molecular formula is C24H40N2O2. The number of fused-ring (bicyclic) bond motifs is 1. The van der Waals surface area contributed by atoms with Gasteiger partial charge in [0.15, 0.2) is 0 Å². The summed E-state index contributed by atoms with van der Waals surface area (Å²) in [5, 5.41) is 3.35. The number of nitrogens with zero attached hydrogens (tertiary/aromatic N) is 1. The van der Waals surface area contributed by atoms with Crippen molar-refractivity contribution in [2.24, 2.45) is 0 Å². The van der Waals surface area contributed by atoms with Crippen molar-refractivity contribution in [1.82, 2.24) is 4.90 Å². The van der Waals surface area contributed by atoms with Crippen LogP contribution in [0, 0.1) is 0 Å². The van der Waals surface area contributed by atoms with Crippen molar-refractivity contribution in [3.05, 3.63) is 29.3 Å². The molecule has 0 aromatic heterocycles. The number of carbonyl (C=O) groups is 1. The molecule has 1 aromatic rings. The number of unbranched alkanes of at least 4 members (excludes halogenated alkanes) is 4. The topological polar surface area (TPSA) is 41.6 Å². The van der Waals surface area contributed by atoms with Gasteiger partial charge in [-0.05, 0) is 83.8 Å². The van der Waals surface area contributed by atoms with Crippen LogP contribution >= 0.6 is 0 Å². The van der Waals surface area contributed by atoms with Crippen molar-refractivity contribution >= 4 is 11.7 Å². The molecule has 0 fully saturated rings. The number of carbonyl (C=O) groups excluding carboxylic acids is 1. The van der Waals surface area contributed by atoms with Crippen molar-refractivity contribution in [2.45, 2.75) is 84.2 Å². The second kappa shape index (κ2) is 10.8. The van der Waals surface area contributed by atoms with E-state index in [1.54, 1.807) is 0 Å². The molecule has 1 aromatic carbocycles. The number of esters is 1. The lowest BCUT2D eigenvalue weighted by molar-refractivity contribution is -0.156. The number of nitrogens with one attached hydrogen (secondary N) is 1. The van der Waals surface area contributed by atoms with Gasteiger partial charge < -0.3 is 15.0 Å². The number of hydrogen-bond donors (Lipinski definition) is 1. The predicted molar refractivity (Wildman–Crippen MR) is 118 cm³/mol. The Labute approximate surface area is 172 Å². The highest BCUT2D eigenvalue weighted by Crippen LogP contribution is 2.34. The molecule has 2 rings (SSSR count). The molecule has 0 spiro atoms. The average molecular weight is 389 g/mol. The number of anilines is 1. The van der Waals surface area contributed by atoms with Gasteiger partial charge in [0.05, 0.1) is 0 Å². The minimum absolute atomic E-state index is 0.123. The normalized spacial score (nSPS) is 16.1. The first-order valence-electron chi connectivity index (χ1n) is 11.1. The molecule has 28 heavy (non-hydrogen) atoms. The van der Waals surface area contributed by atoms with E-state index in [4.69, 9.17) is 4.74 Å². The van der Waals surface area contributed by atoms with E-state index in [0.717, 1.165) is 17.7 Å². The molecule has 0 amide bonds. The summed E-state index contributed by atoms with van der Waals surface area (Å²) in [7, 11) is 2.24. The number of ether oxygens (including phenoxy) is 1. The van der Waals surface area contributed by atoms with Crippen LogP contribution in [0.25, 0.3) is 0 Å². The third kappa shape index (κ3) is 7.46. The van der Waals surface area contributed by atoms with E-state index in [9.17, 15) is 4.79 Å². The van der Waals surface area contributed by atoms with Gasteiger partial charge in [-0.2, -0.15) is 0 Å². The van der Waals surface area contributed by atoms with Crippen LogP contribution in [0.4, 0.5) is 5.69 Å². The Bertz CT molecular complexity index is 622. The highest BCUT2D eigenvalue weighted by Gasteiger charge is 2.32. The third-order valence-electron chi connectivity index (χ3n) is 5.33. The van der Waals surface area contributed by atoms with Crippen LogP contribution in [0.2, 0.25) is 0 Å². The fourth-order valence-electron chi connectivity index (χ4n) is 3.75. The second-order valence-electron chi connectivity index (χ2n) is 9.21. The average Bonchev–Trinajstić information content (AvgIpc) is 3.03. The quantitative estimate of drug-likeness (QED) is 0.409. The van der Waals surface area contributed by atoms with Crippen LogP contribution in [-0.4, -0.2) is 43.2 Å². The number of aryl methyl sites for hydroxylation is 1. The zero-order valence-corrected chi connectivity index (χ0v) is 18.6. The summed E-state index contributed by atoms with van der Waals surface area (Å²) in [6.45, 7) is 11.1. The van der Waals surface area contributed by atoms with E-state index < -0.39 is 5.60 Å². The minimum Gasteiger partial charge on any atom is -0.459 e. The van der Waals surface area contributed by atoms with Crippen LogP contribution in [0.15, 0.2) is 18.2 Å². The third-order valence-corrected chi connectivity index (χ3v) is 5.33. The summed E-state index contributed by atoms with van der Waals surface area (Å²) in [6, 6.07) is 6.53. The van der Waals surface area contributed by atoms with E-state index in [0.29, 0.717) is 6.54 Å². The SMILES string of the molecule is CCCCCN(C)CCCCCc1ccc2c(c1)C(C(=O)OC(C)(C)C)CN2. The van der Waals surface area contributed by atoms with Gasteiger partial charge in [0.1, 0.15) is 11.5 Å². The van der Waals surface area contributed by atoms with Crippen molar-refractivity contribution in [3.63, 3.8) is 0 Å².